The van der Waals surface area contributed by atoms with Gasteiger partial charge in [0.2, 0.25) is 0 Å². The second kappa shape index (κ2) is 11.8. The summed E-state index contributed by atoms with van der Waals surface area (Å²) in [6, 6.07) is 26.6. The first-order valence-electron chi connectivity index (χ1n) is 12.6. The summed E-state index contributed by atoms with van der Waals surface area (Å²) in [5.74, 6) is -0.202. The number of aryl methyl sites for hydroxylation is 3. The van der Waals surface area contributed by atoms with Gasteiger partial charge in [-0.2, -0.15) is 0 Å². The molecule has 0 aliphatic carbocycles. The molecule has 0 saturated heterocycles. The molecule has 7 heteroatoms. The Bertz CT molecular complexity index is 1510. The van der Waals surface area contributed by atoms with Crippen molar-refractivity contribution in [2.24, 2.45) is 0 Å². The standard InChI is InChI=1S/C31H31ClN2O3S/c1-4-24-10-9-11-25(5-2)30(24)33-31(35)26-17-15-23(16-18-26)21-34(29-20-27(32)19-14-22(29)3)38(36,37)28-12-7-6-8-13-28/h6-20H,4-5,21H2,1-3H3,(H,33,35). The summed E-state index contributed by atoms with van der Waals surface area (Å²) in [5.41, 5.74) is 5.57. The Morgan fingerprint density at radius 2 is 1.47 bits per heavy atom. The van der Waals surface area contributed by atoms with Crippen LogP contribution in [-0.4, -0.2) is 14.3 Å². The molecule has 4 rings (SSSR count). The highest BCUT2D eigenvalue weighted by atomic mass is 35.5. The van der Waals surface area contributed by atoms with Gasteiger partial charge in [-0.3, -0.25) is 9.10 Å². The van der Waals surface area contributed by atoms with Crippen LogP contribution in [0.4, 0.5) is 11.4 Å². The van der Waals surface area contributed by atoms with Crippen molar-refractivity contribution in [2.75, 3.05) is 9.62 Å². The van der Waals surface area contributed by atoms with Gasteiger partial charge in [-0.25, -0.2) is 8.42 Å². The van der Waals surface area contributed by atoms with Gasteiger partial charge in [-0.05, 0) is 78.4 Å². The molecule has 4 aromatic carbocycles. The number of anilines is 2. The molecule has 0 aromatic heterocycles. The maximum absolute atomic E-state index is 13.7. The molecule has 38 heavy (non-hydrogen) atoms. The Kier molecular flexibility index (Phi) is 8.55. The second-order valence-corrected chi connectivity index (χ2v) is 11.4. The van der Waals surface area contributed by atoms with Crippen molar-refractivity contribution < 1.29 is 13.2 Å². The van der Waals surface area contributed by atoms with E-state index in [1.54, 1.807) is 72.8 Å². The zero-order chi connectivity index (χ0) is 27.3. The van der Waals surface area contributed by atoms with Crippen LogP contribution in [0.1, 0.15) is 46.5 Å². The molecule has 0 saturated carbocycles. The second-order valence-electron chi connectivity index (χ2n) is 9.06. The molecule has 0 unspecified atom stereocenters. The summed E-state index contributed by atoms with van der Waals surface area (Å²) >= 11 is 6.26. The van der Waals surface area contributed by atoms with Crippen molar-refractivity contribution >= 4 is 38.9 Å². The van der Waals surface area contributed by atoms with Gasteiger partial charge in [-0.15, -0.1) is 0 Å². The van der Waals surface area contributed by atoms with Crippen LogP contribution in [0.25, 0.3) is 0 Å². The zero-order valence-electron chi connectivity index (χ0n) is 21.7. The SMILES string of the molecule is CCc1cccc(CC)c1NC(=O)c1ccc(CN(c2cc(Cl)ccc2C)S(=O)(=O)c2ccccc2)cc1. The third-order valence-corrected chi connectivity index (χ3v) is 8.56. The van der Waals surface area contributed by atoms with E-state index >= 15 is 0 Å². The Morgan fingerprint density at radius 3 is 2.08 bits per heavy atom. The number of benzene rings is 4. The maximum Gasteiger partial charge on any atom is 0.264 e. The van der Waals surface area contributed by atoms with Crippen molar-refractivity contribution in [1.29, 1.82) is 0 Å². The predicted molar refractivity (Wildman–Crippen MR) is 156 cm³/mol. The van der Waals surface area contributed by atoms with Crippen LogP contribution in [0.15, 0.2) is 95.9 Å². The average molecular weight is 547 g/mol. The Balaban J connectivity index is 1.64. The summed E-state index contributed by atoms with van der Waals surface area (Å²) < 4.78 is 28.8. The van der Waals surface area contributed by atoms with Gasteiger partial charge in [0.1, 0.15) is 0 Å². The fourth-order valence-electron chi connectivity index (χ4n) is 4.39. The highest BCUT2D eigenvalue weighted by Crippen LogP contribution is 2.31. The lowest BCUT2D eigenvalue weighted by atomic mass is 10.0. The van der Waals surface area contributed by atoms with E-state index < -0.39 is 10.0 Å². The van der Waals surface area contributed by atoms with E-state index in [2.05, 4.69) is 19.2 Å². The van der Waals surface area contributed by atoms with Crippen molar-refractivity contribution in [3.63, 3.8) is 0 Å². The third-order valence-electron chi connectivity index (χ3n) is 6.55. The van der Waals surface area contributed by atoms with Gasteiger partial charge in [-0.1, -0.05) is 80.0 Å². The smallest absolute Gasteiger partial charge is 0.264 e. The van der Waals surface area contributed by atoms with E-state index in [9.17, 15) is 13.2 Å². The lowest BCUT2D eigenvalue weighted by molar-refractivity contribution is 0.102. The molecule has 0 aliphatic heterocycles. The lowest BCUT2D eigenvalue weighted by Gasteiger charge is -2.26. The predicted octanol–water partition coefficient (Wildman–Crippen LogP) is 7.42. The van der Waals surface area contributed by atoms with Gasteiger partial charge in [0.15, 0.2) is 0 Å². The molecule has 0 spiro atoms. The summed E-state index contributed by atoms with van der Waals surface area (Å²) in [6.07, 6.45) is 1.63. The fraction of sp³-hybridized carbons (Fsp3) is 0.194. The largest absolute Gasteiger partial charge is 0.321 e. The molecule has 4 aromatic rings. The normalized spacial score (nSPS) is 11.3. The number of carbonyl (C=O) groups excluding carboxylic acids is 1. The lowest BCUT2D eigenvalue weighted by Crippen LogP contribution is -2.31. The van der Waals surface area contributed by atoms with Gasteiger partial charge < -0.3 is 5.32 Å². The fourth-order valence-corrected chi connectivity index (χ4v) is 6.08. The van der Waals surface area contributed by atoms with E-state index in [1.807, 2.05) is 25.1 Å². The summed E-state index contributed by atoms with van der Waals surface area (Å²) in [6.45, 7) is 6.07. The number of halogens is 1. The third kappa shape index (κ3) is 5.93. The van der Waals surface area contributed by atoms with E-state index in [-0.39, 0.29) is 17.3 Å². The Morgan fingerprint density at radius 1 is 0.842 bits per heavy atom. The van der Waals surface area contributed by atoms with Gasteiger partial charge in [0.25, 0.3) is 15.9 Å². The van der Waals surface area contributed by atoms with Crippen molar-refractivity contribution in [1.82, 2.24) is 0 Å². The number of sulfonamides is 1. The molecule has 0 bridgehead atoms. The highest BCUT2D eigenvalue weighted by Gasteiger charge is 2.26. The molecule has 0 radical (unpaired) electrons. The van der Waals surface area contributed by atoms with Gasteiger partial charge in [0.05, 0.1) is 17.1 Å². The molecule has 0 atom stereocenters. The number of carbonyl (C=O) groups is 1. The van der Waals surface area contributed by atoms with Crippen LogP contribution in [0.5, 0.6) is 0 Å². The van der Waals surface area contributed by atoms with Crippen LogP contribution in [0.2, 0.25) is 5.02 Å². The van der Waals surface area contributed by atoms with Gasteiger partial charge >= 0.3 is 0 Å². The molecule has 0 fully saturated rings. The molecule has 0 heterocycles. The first-order chi connectivity index (χ1) is 18.2. The monoisotopic (exact) mass is 546 g/mol. The number of nitrogens with zero attached hydrogens (tertiary/aromatic N) is 1. The van der Waals surface area contributed by atoms with Crippen LogP contribution < -0.4 is 9.62 Å². The number of hydrogen-bond acceptors (Lipinski definition) is 3. The minimum atomic E-state index is -3.88. The molecule has 1 amide bonds. The number of para-hydroxylation sites is 1. The quantitative estimate of drug-likeness (QED) is 0.237. The Hall–Kier alpha value is -3.61. The average Bonchev–Trinajstić information content (AvgIpc) is 2.94. The Labute approximate surface area is 230 Å². The van der Waals surface area contributed by atoms with Crippen LogP contribution in [0, 0.1) is 6.92 Å². The van der Waals surface area contributed by atoms with Crippen molar-refractivity contribution in [3.8, 4) is 0 Å². The molecular weight excluding hydrogens is 516 g/mol. The minimum Gasteiger partial charge on any atom is -0.321 e. The maximum atomic E-state index is 13.7. The first kappa shape index (κ1) is 27.4. The van der Waals surface area contributed by atoms with Crippen LogP contribution in [0.3, 0.4) is 0 Å². The van der Waals surface area contributed by atoms with E-state index in [1.165, 1.54) is 4.31 Å². The molecular formula is C31H31ClN2O3S. The number of amides is 1. The van der Waals surface area contributed by atoms with E-state index in [0.29, 0.717) is 16.3 Å². The summed E-state index contributed by atoms with van der Waals surface area (Å²) in [5, 5.41) is 3.53. The van der Waals surface area contributed by atoms with Gasteiger partial charge in [0, 0.05) is 16.3 Å². The number of rotatable bonds is 9. The topological polar surface area (TPSA) is 66.5 Å². The summed E-state index contributed by atoms with van der Waals surface area (Å²) in [4.78, 5) is 13.3. The molecule has 5 nitrogen and oxygen atoms in total. The zero-order valence-corrected chi connectivity index (χ0v) is 23.3. The van der Waals surface area contributed by atoms with E-state index in [0.717, 1.165) is 40.8 Å². The van der Waals surface area contributed by atoms with Crippen LogP contribution >= 0.6 is 11.6 Å². The first-order valence-corrected chi connectivity index (χ1v) is 14.4. The number of nitrogens with one attached hydrogen (secondary N) is 1. The molecule has 196 valence electrons. The van der Waals surface area contributed by atoms with Crippen molar-refractivity contribution in [2.45, 2.75) is 45.1 Å². The van der Waals surface area contributed by atoms with E-state index in [4.69, 9.17) is 11.6 Å². The number of hydrogen-bond donors (Lipinski definition) is 1. The minimum absolute atomic E-state index is 0.0823. The summed E-state index contributed by atoms with van der Waals surface area (Å²) in [7, 11) is -3.88. The van der Waals surface area contributed by atoms with Crippen LogP contribution in [-0.2, 0) is 29.4 Å². The molecule has 1 N–H and O–H groups in total. The molecule has 0 aliphatic rings. The van der Waals surface area contributed by atoms with Crippen molar-refractivity contribution in [3.05, 3.63) is 124 Å². The highest BCUT2D eigenvalue weighted by molar-refractivity contribution is 7.92.